The van der Waals surface area contributed by atoms with Crippen LogP contribution in [0.15, 0.2) is 18.2 Å². The Bertz CT molecular complexity index is 767. The summed E-state index contributed by atoms with van der Waals surface area (Å²) in [6.45, 7) is 7.32. The van der Waals surface area contributed by atoms with Gasteiger partial charge in [-0.05, 0) is 63.5 Å². The van der Waals surface area contributed by atoms with Gasteiger partial charge < -0.3 is 14.8 Å². The second-order valence-corrected chi connectivity index (χ2v) is 8.29. The fourth-order valence-electron chi connectivity index (χ4n) is 4.28. The van der Waals surface area contributed by atoms with Crippen molar-refractivity contribution in [2.24, 2.45) is 0 Å². The lowest BCUT2D eigenvalue weighted by atomic mass is 9.85. The molecule has 0 aromatic heterocycles. The minimum atomic E-state index is -0.606. The van der Waals surface area contributed by atoms with Crippen LogP contribution in [-0.4, -0.2) is 42.3 Å². The molecule has 5 nitrogen and oxygen atoms in total. The first kappa shape index (κ1) is 17.3. The average Bonchev–Trinajstić information content (AvgIpc) is 2.81. The third-order valence-corrected chi connectivity index (χ3v) is 5.35. The molecule has 3 aliphatic rings. The lowest BCUT2D eigenvalue weighted by molar-refractivity contribution is -0.0116. The summed E-state index contributed by atoms with van der Waals surface area (Å²) < 4.78 is 26.0. The number of rotatable bonds is 1. The molecule has 4 rings (SSSR count). The maximum Gasteiger partial charge on any atom is 0.411 e. The van der Waals surface area contributed by atoms with Gasteiger partial charge in [0.1, 0.15) is 23.8 Å². The van der Waals surface area contributed by atoms with Crippen molar-refractivity contribution in [2.45, 2.75) is 50.8 Å². The van der Waals surface area contributed by atoms with E-state index in [1.807, 2.05) is 31.7 Å². The van der Waals surface area contributed by atoms with E-state index in [9.17, 15) is 9.18 Å². The summed E-state index contributed by atoms with van der Waals surface area (Å²) in [4.78, 5) is 14.8. The molecule has 0 saturated carbocycles. The van der Waals surface area contributed by atoms with Gasteiger partial charge in [0.15, 0.2) is 0 Å². The first-order valence-electron chi connectivity index (χ1n) is 9.17. The molecule has 2 atom stereocenters. The van der Waals surface area contributed by atoms with Crippen LogP contribution in [0.25, 0.3) is 6.08 Å². The molecule has 2 bridgehead atoms. The summed E-state index contributed by atoms with van der Waals surface area (Å²) >= 11 is 0. The van der Waals surface area contributed by atoms with E-state index < -0.39 is 11.1 Å². The molecule has 26 heavy (non-hydrogen) atoms. The molecule has 140 valence electrons. The minimum Gasteiger partial charge on any atom is -0.489 e. The van der Waals surface area contributed by atoms with Crippen LogP contribution in [0.3, 0.4) is 0 Å². The lowest BCUT2D eigenvalue weighted by Crippen LogP contribution is -2.61. The molecule has 2 saturated heterocycles. The summed E-state index contributed by atoms with van der Waals surface area (Å²) in [6.07, 6.45) is 4.85. The Hall–Kier alpha value is -2.08. The largest absolute Gasteiger partial charge is 0.489 e. The highest BCUT2D eigenvalue weighted by atomic mass is 19.1. The maximum absolute atomic E-state index is 14.7. The van der Waals surface area contributed by atoms with Crippen LogP contribution >= 0.6 is 0 Å². The van der Waals surface area contributed by atoms with Gasteiger partial charge in [-0.1, -0.05) is 0 Å². The number of carbonyl (C=O) groups is 1. The highest BCUT2D eigenvalue weighted by molar-refractivity contribution is 5.72. The van der Waals surface area contributed by atoms with Crippen molar-refractivity contribution in [2.75, 3.05) is 19.7 Å². The monoisotopic (exact) mass is 360 g/mol. The van der Waals surface area contributed by atoms with E-state index in [1.54, 1.807) is 18.2 Å². The number of nitrogens with one attached hydrogen (secondary N) is 1. The summed E-state index contributed by atoms with van der Waals surface area (Å²) in [7, 11) is 0. The zero-order chi connectivity index (χ0) is 18.5. The Morgan fingerprint density at radius 1 is 1.42 bits per heavy atom. The van der Waals surface area contributed by atoms with Crippen molar-refractivity contribution in [3.05, 3.63) is 35.2 Å². The first-order valence-corrected chi connectivity index (χ1v) is 9.17. The molecule has 2 unspecified atom stereocenters. The molecule has 6 heteroatoms. The van der Waals surface area contributed by atoms with Gasteiger partial charge in [0, 0.05) is 19.1 Å². The van der Waals surface area contributed by atoms with Crippen LogP contribution < -0.4 is 10.1 Å². The van der Waals surface area contributed by atoms with Crippen LogP contribution in [0.1, 0.15) is 44.7 Å². The number of hydrogen-bond donors (Lipinski definition) is 1. The normalized spacial score (nSPS) is 27.1. The lowest BCUT2D eigenvalue weighted by Gasteiger charge is -2.45. The Labute approximate surface area is 153 Å². The molecule has 1 aromatic rings. The summed E-state index contributed by atoms with van der Waals surface area (Å²) in [5.74, 6) is 0.219. The molecule has 0 spiro atoms. The van der Waals surface area contributed by atoms with Gasteiger partial charge in [0.25, 0.3) is 0 Å². The van der Waals surface area contributed by atoms with Crippen molar-refractivity contribution < 1.29 is 18.7 Å². The van der Waals surface area contributed by atoms with Gasteiger partial charge in [-0.25, -0.2) is 9.18 Å². The van der Waals surface area contributed by atoms with Gasteiger partial charge in [-0.3, -0.25) is 4.90 Å². The number of ether oxygens (including phenoxy) is 2. The van der Waals surface area contributed by atoms with E-state index in [0.29, 0.717) is 24.5 Å². The average molecular weight is 360 g/mol. The van der Waals surface area contributed by atoms with Crippen LogP contribution in [0.4, 0.5) is 9.18 Å². The SMILES string of the molecule is CC(C)(C)OC(=O)N1C2CCC1(c1cc(F)c3c(c1)OCC=C3)CNC2. The Morgan fingerprint density at radius 3 is 3.00 bits per heavy atom. The van der Waals surface area contributed by atoms with Crippen LogP contribution in [0, 0.1) is 5.82 Å². The quantitative estimate of drug-likeness (QED) is 0.834. The zero-order valence-corrected chi connectivity index (χ0v) is 15.5. The van der Waals surface area contributed by atoms with Gasteiger partial charge in [0.2, 0.25) is 0 Å². The highest BCUT2D eigenvalue weighted by Crippen LogP contribution is 2.46. The molecule has 2 fully saturated rings. The van der Waals surface area contributed by atoms with Gasteiger partial charge in [-0.15, -0.1) is 0 Å². The van der Waals surface area contributed by atoms with E-state index in [2.05, 4.69) is 5.32 Å². The molecule has 1 amide bonds. The molecular weight excluding hydrogens is 335 g/mol. The fraction of sp³-hybridized carbons (Fsp3) is 0.550. The van der Waals surface area contributed by atoms with Crippen molar-refractivity contribution in [3.8, 4) is 5.75 Å². The topological polar surface area (TPSA) is 50.8 Å². The summed E-state index contributed by atoms with van der Waals surface area (Å²) in [6, 6.07) is 3.48. The molecule has 1 aromatic carbocycles. The molecule has 3 heterocycles. The van der Waals surface area contributed by atoms with Gasteiger partial charge >= 0.3 is 6.09 Å². The second kappa shape index (κ2) is 5.98. The second-order valence-electron chi connectivity index (χ2n) is 8.29. The van der Waals surface area contributed by atoms with Gasteiger partial charge in [0.05, 0.1) is 11.1 Å². The number of nitrogens with zero attached hydrogens (tertiary/aromatic N) is 1. The smallest absolute Gasteiger partial charge is 0.411 e. The molecular formula is C20H25FN2O3. The zero-order valence-electron chi connectivity index (χ0n) is 15.5. The third-order valence-electron chi connectivity index (χ3n) is 5.35. The first-order chi connectivity index (χ1) is 12.3. The molecule has 3 aliphatic heterocycles. The van der Waals surface area contributed by atoms with Crippen molar-refractivity contribution in [1.29, 1.82) is 0 Å². The number of carbonyl (C=O) groups excluding carboxylic acids is 1. The third kappa shape index (κ3) is 2.76. The Balaban J connectivity index is 1.76. The standard InChI is InChI=1S/C20H25FN2O3/c1-19(2,3)26-18(24)23-14-6-7-20(23,12-22-11-14)13-9-16(21)15-5-4-8-25-17(15)10-13/h4-5,9-10,14,22H,6-8,11-12H2,1-3H3. The number of amides is 1. The number of hydrogen-bond acceptors (Lipinski definition) is 4. The van der Waals surface area contributed by atoms with Crippen LogP contribution in [0.5, 0.6) is 5.75 Å². The maximum atomic E-state index is 14.7. The summed E-state index contributed by atoms with van der Waals surface area (Å²) in [5.41, 5.74) is 0.0617. The van der Waals surface area contributed by atoms with Gasteiger partial charge in [-0.2, -0.15) is 0 Å². The highest BCUT2D eigenvalue weighted by Gasteiger charge is 2.53. The predicted octanol–water partition coefficient (Wildman–Crippen LogP) is 3.43. The van der Waals surface area contributed by atoms with E-state index in [0.717, 1.165) is 24.9 Å². The van der Waals surface area contributed by atoms with E-state index in [-0.39, 0.29) is 18.0 Å². The van der Waals surface area contributed by atoms with Crippen molar-refractivity contribution >= 4 is 12.2 Å². The number of benzene rings is 1. The molecule has 0 aliphatic carbocycles. The minimum absolute atomic E-state index is 0.0542. The van der Waals surface area contributed by atoms with Crippen LogP contribution in [0.2, 0.25) is 0 Å². The van der Waals surface area contributed by atoms with Crippen molar-refractivity contribution in [1.82, 2.24) is 10.2 Å². The van der Waals surface area contributed by atoms with Crippen LogP contribution in [-0.2, 0) is 10.3 Å². The van der Waals surface area contributed by atoms with E-state index in [4.69, 9.17) is 9.47 Å². The molecule has 0 radical (unpaired) electrons. The summed E-state index contributed by atoms with van der Waals surface area (Å²) in [5, 5.41) is 3.41. The number of piperazine rings is 1. The predicted molar refractivity (Wildman–Crippen MR) is 96.6 cm³/mol. The number of halogens is 1. The van der Waals surface area contributed by atoms with E-state index >= 15 is 0 Å². The number of fused-ring (bicyclic) bond motifs is 3. The Kier molecular flexibility index (Phi) is 3.99. The van der Waals surface area contributed by atoms with E-state index in [1.165, 1.54) is 0 Å². The Morgan fingerprint density at radius 2 is 2.23 bits per heavy atom. The molecule has 1 N–H and O–H groups in total. The van der Waals surface area contributed by atoms with Crippen molar-refractivity contribution in [3.63, 3.8) is 0 Å². The fourth-order valence-corrected chi connectivity index (χ4v) is 4.28.